The summed E-state index contributed by atoms with van der Waals surface area (Å²) in [5.74, 6) is -0.432. The molecule has 0 saturated heterocycles. The normalized spacial score (nSPS) is 13.4. The fourth-order valence-corrected chi connectivity index (χ4v) is 2.55. The van der Waals surface area contributed by atoms with E-state index < -0.39 is 0 Å². The number of pyridine rings is 1. The Bertz CT molecular complexity index is 782. The van der Waals surface area contributed by atoms with Crippen molar-refractivity contribution in [3.8, 4) is 0 Å². The van der Waals surface area contributed by atoms with E-state index in [0.717, 1.165) is 24.0 Å². The lowest BCUT2D eigenvalue weighted by Gasteiger charge is -2.10. The summed E-state index contributed by atoms with van der Waals surface area (Å²) in [6.07, 6.45) is 2.63. The molecule has 124 valence electrons. The summed E-state index contributed by atoms with van der Waals surface area (Å²) in [4.78, 5) is 28.8. The Labute approximate surface area is 141 Å². The van der Waals surface area contributed by atoms with E-state index in [9.17, 15) is 9.59 Å². The molecule has 2 amide bonds. The highest BCUT2D eigenvalue weighted by molar-refractivity contribution is 5.98. The molecule has 3 rings (SSSR count). The van der Waals surface area contributed by atoms with Crippen LogP contribution >= 0.6 is 0 Å². The number of nitrogens with zero attached hydrogens (tertiary/aromatic N) is 1. The van der Waals surface area contributed by atoms with Crippen molar-refractivity contribution in [2.45, 2.75) is 32.2 Å². The van der Waals surface area contributed by atoms with E-state index in [2.05, 4.69) is 15.6 Å². The Kier molecular flexibility index (Phi) is 4.60. The van der Waals surface area contributed by atoms with Crippen molar-refractivity contribution in [1.29, 1.82) is 0 Å². The molecule has 0 radical (unpaired) electrons. The highest BCUT2D eigenvalue weighted by atomic mass is 16.2. The van der Waals surface area contributed by atoms with Gasteiger partial charge in [-0.1, -0.05) is 24.3 Å². The van der Waals surface area contributed by atoms with Gasteiger partial charge in [0.25, 0.3) is 11.8 Å². The summed E-state index contributed by atoms with van der Waals surface area (Å²) < 4.78 is 0. The minimum Gasteiger partial charge on any atom is -0.354 e. The van der Waals surface area contributed by atoms with Crippen molar-refractivity contribution in [3.05, 3.63) is 64.5 Å². The zero-order valence-corrected chi connectivity index (χ0v) is 13.9. The van der Waals surface area contributed by atoms with Crippen LogP contribution in [-0.2, 0) is 6.42 Å². The molecule has 1 aromatic heterocycles. The average molecular weight is 323 g/mol. The highest BCUT2D eigenvalue weighted by Gasteiger charge is 2.24. The minimum absolute atomic E-state index is 0.143. The van der Waals surface area contributed by atoms with Crippen LogP contribution < -0.4 is 10.6 Å². The van der Waals surface area contributed by atoms with Gasteiger partial charge < -0.3 is 10.6 Å². The van der Waals surface area contributed by atoms with Crippen LogP contribution in [0, 0.1) is 6.92 Å². The van der Waals surface area contributed by atoms with Gasteiger partial charge in [-0.15, -0.1) is 0 Å². The first-order valence-electron chi connectivity index (χ1n) is 8.15. The molecule has 1 aromatic carbocycles. The molecule has 1 aliphatic carbocycles. The SMILES string of the molecule is CNC(=O)c1cc(C(=O)NC2CC2)cc(Cc2ccccc2C)n1. The number of aromatic nitrogens is 1. The van der Waals surface area contributed by atoms with Crippen molar-refractivity contribution >= 4 is 11.8 Å². The van der Waals surface area contributed by atoms with Crippen LogP contribution in [0.2, 0.25) is 0 Å². The summed E-state index contributed by atoms with van der Waals surface area (Å²) in [5.41, 5.74) is 3.76. The van der Waals surface area contributed by atoms with Crippen molar-refractivity contribution in [2.24, 2.45) is 0 Å². The smallest absolute Gasteiger partial charge is 0.269 e. The van der Waals surface area contributed by atoms with Gasteiger partial charge in [0.2, 0.25) is 0 Å². The summed E-state index contributed by atoms with van der Waals surface area (Å²) in [7, 11) is 1.56. The molecular formula is C19H21N3O2. The Hall–Kier alpha value is -2.69. The molecule has 0 unspecified atom stereocenters. The van der Waals surface area contributed by atoms with Crippen LogP contribution in [-0.4, -0.2) is 29.9 Å². The molecule has 1 heterocycles. The number of aryl methyl sites for hydroxylation is 1. The zero-order valence-electron chi connectivity index (χ0n) is 13.9. The summed E-state index contributed by atoms with van der Waals surface area (Å²) in [6.45, 7) is 2.04. The molecule has 24 heavy (non-hydrogen) atoms. The first-order chi connectivity index (χ1) is 11.6. The summed E-state index contributed by atoms with van der Waals surface area (Å²) in [6, 6.07) is 11.6. The molecule has 5 heteroatoms. The summed E-state index contributed by atoms with van der Waals surface area (Å²) >= 11 is 0. The summed E-state index contributed by atoms with van der Waals surface area (Å²) in [5, 5.41) is 5.53. The molecule has 1 saturated carbocycles. The van der Waals surface area contributed by atoms with Crippen molar-refractivity contribution in [2.75, 3.05) is 7.05 Å². The van der Waals surface area contributed by atoms with Crippen LogP contribution in [0.1, 0.15) is 50.5 Å². The first kappa shape index (κ1) is 16.2. The maximum atomic E-state index is 12.4. The molecule has 1 aliphatic rings. The third-order valence-electron chi connectivity index (χ3n) is 4.15. The Morgan fingerprint density at radius 3 is 2.58 bits per heavy atom. The number of carbonyl (C=O) groups excluding carboxylic acids is 2. The van der Waals surface area contributed by atoms with E-state index in [0.29, 0.717) is 17.7 Å². The third kappa shape index (κ3) is 3.79. The topological polar surface area (TPSA) is 71.1 Å². The second-order valence-electron chi connectivity index (χ2n) is 6.16. The van der Waals surface area contributed by atoms with E-state index in [1.165, 1.54) is 0 Å². The molecule has 2 N–H and O–H groups in total. The average Bonchev–Trinajstić information content (AvgIpc) is 3.40. The number of nitrogens with one attached hydrogen (secondary N) is 2. The van der Waals surface area contributed by atoms with E-state index >= 15 is 0 Å². The van der Waals surface area contributed by atoms with E-state index in [-0.39, 0.29) is 23.6 Å². The van der Waals surface area contributed by atoms with Gasteiger partial charge in [-0.3, -0.25) is 9.59 Å². The predicted octanol–water partition coefficient (Wildman–Crippen LogP) is 2.23. The number of benzene rings is 1. The first-order valence-corrected chi connectivity index (χ1v) is 8.15. The third-order valence-corrected chi connectivity index (χ3v) is 4.15. The maximum absolute atomic E-state index is 12.4. The number of amides is 2. The van der Waals surface area contributed by atoms with Crippen LogP contribution in [0.4, 0.5) is 0 Å². The molecule has 2 aromatic rings. The van der Waals surface area contributed by atoms with Crippen molar-refractivity contribution in [3.63, 3.8) is 0 Å². The second-order valence-corrected chi connectivity index (χ2v) is 6.16. The van der Waals surface area contributed by atoms with Gasteiger partial charge in [0.05, 0.1) is 0 Å². The molecule has 0 aliphatic heterocycles. The van der Waals surface area contributed by atoms with Gasteiger partial charge in [-0.05, 0) is 43.0 Å². The standard InChI is InChI=1S/C19H21N3O2/c1-12-5-3-4-6-13(12)9-16-10-14(18(23)22-15-7-8-15)11-17(21-16)19(24)20-2/h3-6,10-11,15H,7-9H2,1-2H3,(H,20,24)(H,22,23). The van der Waals surface area contributed by atoms with Crippen LogP contribution in [0.3, 0.4) is 0 Å². The van der Waals surface area contributed by atoms with E-state index in [1.54, 1.807) is 19.2 Å². The van der Waals surface area contributed by atoms with Crippen molar-refractivity contribution < 1.29 is 9.59 Å². The van der Waals surface area contributed by atoms with Crippen LogP contribution in [0.5, 0.6) is 0 Å². The Morgan fingerprint density at radius 1 is 1.17 bits per heavy atom. The second kappa shape index (κ2) is 6.83. The van der Waals surface area contributed by atoms with E-state index in [1.807, 2.05) is 31.2 Å². The van der Waals surface area contributed by atoms with Crippen LogP contribution in [0.25, 0.3) is 0 Å². The fraction of sp³-hybridized carbons (Fsp3) is 0.316. The zero-order chi connectivity index (χ0) is 17.1. The van der Waals surface area contributed by atoms with E-state index in [4.69, 9.17) is 0 Å². The molecule has 1 fully saturated rings. The number of hydrogen-bond donors (Lipinski definition) is 2. The van der Waals surface area contributed by atoms with Crippen LogP contribution in [0.15, 0.2) is 36.4 Å². The van der Waals surface area contributed by atoms with Crippen molar-refractivity contribution in [1.82, 2.24) is 15.6 Å². The van der Waals surface area contributed by atoms with Gasteiger partial charge in [-0.2, -0.15) is 0 Å². The lowest BCUT2D eigenvalue weighted by Crippen LogP contribution is -2.27. The van der Waals surface area contributed by atoms with Gasteiger partial charge in [-0.25, -0.2) is 4.98 Å². The Balaban J connectivity index is 1.93. The van der Waals surface area contributed by atoms with Gasteiger partial charge >= 0.3 is 0 Å². The number of rotatable bonds is 5. The lowest BCUT2D eigenvalue weighted by molar-refractivity contribution is 0.0951. The molecular weight excluding hydrogens is 302 g/mol. The maximum Gasteiger partial charge on any atom is 0.269 e. The minimum atomic E-state index is -0.290. The van der Waals surface area contributed by atoms with Gasteiger partial charge in [0, 0.05) is 30.8 Å². The Morgan fingerprint density at radius 2 is 1.92 bits per heavy atom. The fourth-order valence-electron chi connectivity index (χ4n) is 2.55. The molecule has 5 nitrogen and oxygen atoms in total. The number of hydrogen-bond acceptors (Lipinski definition) is 3. The lowest BCUT2D eigenvalue weighted by atomic mass is 10.0. The predicted molar refractivity (Wildman–Crippen MR) is 92.1 cm³/mol. The highest BCUT2D eigenvalue weighted by Crippen LogP contribution is 2.20. The van der Waals surface area contributed by atoms with Gasteiger partial charge in [0.15, 0.2) is 0 Å². The quantitative estimate of drug-likeness (QED) is 0.886. The monoisotopic (exact) mass is 323 g/mol. The molecule has 0 spiro atoms. The number of carbonyl (C=O) groups is 2. The van der Waals surface area contributed by atoms with Gasteiger partial charge in [0.1, 0.15) is 5.69 Å². The largest absolute Gasteiger partial charge is 0.354 e. The molecule has 0 bridgehead atoms. The molecule has 0 atom stereocenters.